The Hall–Kier alpha value is -1.83. The quantitative estimate of drug-likeness (QED) is 0.559. The molecule has 98 valence electrons. The second kappa shape index (κ2) is 5.67. The van der Waals surface area contributed by atoms with Gasteiger partial charge in [0, 0.05) is 0 Å². The number of hydrogen-bond acceptors (Lipinski definition) is 2. The van der Waals surface area contributed by atoms with Gasteiger partial charge in [0.1, 0.15) is 0 Å². The number of carbonyl (C=O) groups excluding carboxylic acids is 1. The Bertz CT molecular complexity index is 462. The molecule has 0 aliphatic carbocycles. The molecular formula is C10H10F3N3OS. The van der Waals surface area contributed by atoms with Gasteiger partial charge in [-0.15, -0.1) is 0 Å². The Kier molecular flexibility index (Phi) is 4.49. The molecule has 4 nitrogen and oxygen atoms in total. The van der Waals surface area contributed by atoms with Crippen LogP contribution in [0, 0.1) is 0 Å². The maximum atomic E-state index is 12.6. The highest BCUT2D eigenvalue weighted by atomic mass is 32.1. The molecule has 0 aliphatic rings. The number of benzene rings is 1. The number of hydrazine groups is 1. The number of alkyl halides is 3. The van der Waals surface area contributed by atoms with Crippen LogP contribution in [-0.2, 0) is 17.4 Å². The van der Waals surface area contributed by atoms with Crippen LogP contribution in [-0.4, -0.2) is 11.0 Å². The first-order chi connectivity index (χ1) is 8.30. The van der Waals surface area contributed by atoms with Gasteiger partial charge in [0.15, 0.2) is 5.11 Å². The molecule has 0 aromatic heterocycles. The number of halogens is 3. The average molecular weight is 277 g/mol. The molecule has 0 heterocycles. The normalized spacial score (nSPS) is 10.8. The van der Waals surface area contributed by atoms with Crippen molar-refractivity contribution in [2.45, 2.75) is 12.6 Å². The van der Waals surface area contributed by atoms with Crippen molar-refractivity contribution in [1.29, 1.82) is 0 Å². The van der Waals surface area contributed by atoms with Crippen LogP contribution in [0.2, 0.25) is 0 Å². The van der Waals surface area contributed by atoms with E-state index in [1.165, 1.54) is 18.2 Å². The molecule has 0 aliphatic heterocycles. The SMILES string of the molecule is NC(=S)NNC(=O)Cc1ccccc1C(F)(F)F. The van der Waals surface area contributed by atoms with Gasteiger partial charge in [-0.05, 0) is 23.8 Å². The van der Waals surface area contributed by atoms with Crippen LogP contribution in [0.4, 0.5) is 13.2 Å². The summed E-state index contributed by atoms with van der Waals surface area (Å²) in [7, 11) is 0. The number of rotatable bonds is 2. The molecule has 1 aromatic rings. The molecule has 0 saturated heterocycles. The van der Waals surface area contributed by atoms with E-state index < -0.39 is 24.1 Å². The zero-order valence-corrected chi connectivity index (χ0v) is 9.86. The Labute approximate surface area is 106 Å². The van der Waals surface area contributed by atoms with Crippen molar-refractivity contribution < 1.29 is 18.0 Å². The summed E-state index contributed by atoms with van der Waals surface area (Å²) in [6.45, 7) is 0. The summed E-state index contributed by atoms with van der Waals surface area (Å²) in [4.78, 5) is 11.3. The lowest BCUT2D eigenvalue weighted by molar-refractivity contribution is -0.138. The number of nitrogens with one attached hydrogen (secondary N) is 2. The van der Waals surface area contributed by atoms with Gasteiger partial charge in [0.25, 0.3) is 0 Å². The summed E-state index contributed by atoms with van der Waals surface area (Å²) < 4.78 is 37.9. The lowest BCUT2D eigenvalue weighted by Gasteiger charge is -2.12. The largest absolute Gasteiger partial charge is 0.416 e. The molecule has 18 heavy (non-hydrogen) atoms. The first-order valence-electron chi connectivity index (χ1n) is 4.80. The summed E-state index contributed by atoms with van der Waals surface area (Å²) >= 11 is 4.44. The predicted molar refractivity (Wildman–Crippen MR) is 63.2 cm³/mol. The van der Waals surface area contributed by atoms with Gasteiger partial charge in [-0.25, -0.2) is 0 Å². The molecule has 1 aromatic carbocycles. The number of nitrogens with two attached hydrogens (primary N) is 1. The molecular weight excluding hydrogens is 267 g/mol. The van der Waals surface area contributed by atoms with Crippen LogP contribution in [0.1, 0.15) is 11.1 Å². The monoisotopic (exact) mass is 277 g/mol. The van der Waals surface area contributed by atoms with Crippen molar-refractivity contribution in [2.24, 2.45) is 5.73 Å². The fourth-order valence-electron chi connectivity index (χ4n) is 1.30. The number of amides is 1. The van der Waals surface area contributed by atoms with Gasteiger partial charge >= 0.3 is 6.18 Å². The van der Waals surface area contributed by atoms with Crippen LogP contribution >= 0.6 is 12.2 Å². The summed E-state index contributed by atoms with van der Waals surface area (Å²) in [6.07, 6.45) is -4.92. The van der Waals surface area contributed by atoms with Gasteiger partial charge in [-0.3, -0.25) is 15.6 Å². The minimum atomic E-state index is -4.49. The average Bonchev–Trinajstić information content (AvgIpc) is 2.25. The molecule has 4 N–H and O–H groups in total. The van der Waals surface area contributed by atoms with Crippen LogP contribution in [0.15, 0.2) is 24.3 Å². The Balaban J connectivity index is 2.79. The van der Waals surface area contributed by atoms with Crippen molar-refractivity contribution >= 4 is 23.2 Å². The number of carbonyl (C=O) groups is 1. The maximum absolute atomic E-state index is 12.6. The zero-order chi connectivity index (χ0) is 13.8. The molecule has 0 saturated carbocycles. The number of thiocarbonyl (C=S) groups is 1. The number of hydrogen-bond donors (Lipinski definition) is 3. The van der Waals surface area contributed by atoms with E-state index in [1.54, 1.807) is 0 Å². The minimum Gasteiger partial charge on any atom is -0.375 e. The Morgan fingerprint density at radius 3 is 2.44 bits per heavy atom. The second-order valence-corrected chi connectivity index (χ2v) is 3.81. The van der Waals surface area contributed by atoms with Gasteiger partial charge < -0.3 is 5.73 Å². The standard InChI is InChI=1S/C10H10F3N3OS/c11-10(12,13)7-4-2-1-3-6(7)5-8(17)15-16-9(14)18/h1-4H,5H2,(H,15,17)(H3,14,16,18). The molecule has 1 rings (SSSR count). The summed E-state index contributed by atoms with van der Waals surface area (Å²) in [5.74, 6) is -0.667. The van der Waals surface area contributed by atoms with E-state index >= 15 is 0 Å². The zero-order valence-electron chi connectivity index (χ0n) is 9.04. The molecule has 0 radical (unpaired) electrons. The topological polar surface area (TPSA) is 67.2 Å². The van der Waals surface area contributed by atoms with E-state index in [9.17, 15) is 18.0 Å². The fourth-order valence-corrected chi connectivity index (χ4v) is 1.35. The van der Waals surface area contributed by atoms with E-state index in [4.69, 9.17) is 5.73 Å². The third kappa shape index (κ3) is 4.21. The summed E-state index contributed by atoms with van der Waals surface area (Å²) in [5, 5.41) is -0.174. The third-order valence-electron chi connectivity index (χ3n) is 2.00. The van der Waals surface area contributed by atoms with Crippen molar-refractivity contribution in [2.75, 3.05) is 0 Å². The molecule has 1 amide bonds. The van der Waals surface area contributed by atoms with Crippen molar-refractivity contribution in [1.82, 2.24) is 10.9 Å². The van der Waals surface area contributed by atoms with Crippen LogP contribution < -0.4 is 16.6 Å². The summed E-state index contributed by atoms with van der Waals surface area (Å²) in [6, 6.07) is 4.85. The van der Waals surface area contributed by atoms with Crippen LogP contribution in [0.3, 0.4) is 0 Å². The van der Waals surface area contributed by atoms with E-state index in [0.717, 1.165) is 6.07 Å². The highest BCUT2D eigenvalue weighted by Crippen LogP contribution is 2.31. The molecule has 0 unspecified atom stereocenters. The lowest BCUT2D eigenvalue weighted by atomic mass is 10.0. The molecule has 0 atom stereocenters. The molecule has 0 spiro atoms. The highest BCUT2D eigenvalue weighted by Gasteiger charge is 2.33. The smallest absolute Gasteiger partial charge is 0.375 e. The predicted octanol–water partition coefficient (Wildman–Crippen LogP) is 1.11. The first-order valence-corrected chi connectivity index (χ1v) is 5.21. The van der Waals surface area contributed by atoms with Crippen molar-refractivity contribution in [3.63, 3.8) is 0 Å². The van der Waals surface area contributed by atoms with Crippen LogP contribution in [0.5, 0.6) is 0 Å². The second-order valence-electron chi connectivity index (χ2n) is 3.37. The van der Waals surface area contributed by atoms with Gasteiger partial charge in [0.2, 0.25) is 5.91 Å². The maximum Gasteiger partial charge on any atom is 0.416 e. The lowest BCUT2D eigenvalue weighted by Crippen LogP contribution is -2.45. The molecule has 8 heteroatoms. The Morgan fingerprint density at radius 2 is 1.89 bits per heavy atom. The minimum absolute atomic E-state index is 0.118. The fraction of sp³-hybridized carbons (Fsp3) is 0.200. The van der Waals surface area contributed by atoms with Crippen molar-refractivity contribution in [3.05, 3.63) is 35.4 Å². The van der Waals surface area contributed by atoms with Crippen molar-refractivity contribution in [3.8, 4) is 0 Å². The van der Waals surface area contributed by atoms with Gasteiger partial charge in [0.05, 0.1) is 12.0 Å². The van der Waals surface area contributed by atoms with E-state index in [0.29, 0.717) is 0 Å². The molecule has 0 bridgehead atoms. The van der Waals surface area contributed by atoms with E-state index in [2.05, 4.69) is 23.1 Å². The highest BCUT2D eigenvalue weighted by molar-refractivity contribution is 7.80. The van der Waals surface area contributed by atoms with E-state index in [1.807, 2.05) is 0 Å². The Morgan fingerprint density at radius 1 is 1.28 bits per heavy atom. The van der Waals surface area contributed by atoms with Gasteiger partial charge in [-0.2, -0.15) is 13.2 Å². The first kappa shape index (κ1) is 14.2. The molecule has 0 fully saturated rings. The third-order valence-corrected chi connectivity index (χ3v) is 2.10. The summed E-state index contributed by atoms with van der Waals surface area (Å²) in [5.41, 5.74) is 8.34. The van der Waals surface area contributed by atoms with Gasteiger partial charge in [-0.1, -0.05) is 18.2 Å². The van der Waals surface area contributed by atoms with Crippen LogP contribution in [0.25, 0.3) is 0 Å². The van der Waals surface area contributed by atoms with E-state index in [-0.39, 0.29) is 10.7 Å².